The number of rotatable bonds is 3. The van der Waals surface area contributed by atoms with Crippen molar-refractivity contribution in [3.05, 3.63) is 54.6 Å². The van der Waals surface area contributed by atoms with Gasteiger partial charge in [-0.3, -0.25) is 5.32 Å². The molecular formula is C14H10F3NO2S. The van der Waals surface area contributed by atoms with E-state index in [4.69, 9.17) is 4.74 Å². The number of halogens is 3. The van der Waals surface area contributed by atoms with Crippen LogP contribution in [0, 0.1) is 0 Å². The second-order valence-corrected chi connectivity index (χ2v) is 5.04. The van der Waals surface area contributed by atoms with E-state index in [0.29, 0.717) is 11.4 Å². The molecule has 0 aliphatic rings. The van der Waals surface area contributed by atoms with Crippen molar-refractivity contribution in [2.45, 2.75) is 10.4 Å². The smallest absolute Gasteiger partial charge is 0.410 e. The highest BCUT2D eigenvalue weighted by Gasteiger charge is 2.29. The highest BCUT2D eigenvalue weighted by molar-refractivity contribution is 8.00. The molecule has 0 spiro atoms. The lowest BCUT2D eigenvalue weighted by Gasteiger charge is -2.08. The number of ether oxygens (including phenoxy) is 1. The van der Waals surface area contributed by atoms with Crippen molar-refractivity contribution >= 4 is 23.5 Å². The lowest BCUT2D eigenvalue weighted by atomic mass is 10.3. The van der Waals surface area contributed by atoms with Gasteiger partial charge in [-0.25, -0.2) is 4.79 Å². The summed E-state index contributed by atoms with van der Waals surface area (Å²) in [4.78, 5) is 11.6. The van der Waals surface area contributed by atoms with Crippen molar-refractivity contribution in [3.63, 3.8) is 0 Å². The van der Waals surface area contributed by atoms with E-state index in [1.807, 2.05) is 0 Å². The number of thioether (sulfide) groups is 1. The number of para-hydroxylation sites is 1. The third kappa shape index (κ3) is 5.39. The van der Waals surface area contributed by atoms with E-state index >= 15 is 0 Å². The third-order valence-electron chi connectivity index (χ3n) is 2.29. The van der Waals surface area contributed by atoms with Gasteiger partial charge in [0.15, 0.2) is 0 Å². The summed E-state index contributed by atoms with van der Waals surface area (Å²) in [5.41, 5.74) is -3.98. The fraction of sp³-hybridized carbons (Fsp3) is 0.0714. The maximum absolute atomic E-state index is 12.2. The van der Waals surface area contributed by atoms with Gasteiger partial charge in [0, 0.05) is 10.6 Å². The largest absolute Gasteiger partial charge is 0.446 e. The minimum absolute atomic E-state index is 0.0458. The zero-order valence-electron chi connectivity index (χ0n) is 10.6. The first-order chi connectivity index (χ1) is 9.92. The molecule has 0 aliphatic heterocycles. The molecule has 0 fully saturated rings. The van der Waals surface area contributed by atoms with E-state index in [-0.39, 0.29) is 16.7 Å². The number of hydrogen-bond donors (Lipinski definition) is 1. The van der Waals surface area contributed by atoms with Crippen molar-refractivity contribution in [2.24, 2.45) is 0 Å². The van der Waals surface area contributed by atoms with Crippen molar-refractivity contribution in [1.82, 2.24) is 0 Å². The molecule has 3 nitrogen and oxygen atoms in total. The quantitative estimate of drug-likeness (QED) is 0.818. The van der Waals surface area contributed by atoms with Crippen molar-refractivity contribution in [1.29, 1.82) is 0 Å². The number of alkyl halides is 3. The van der Waals surface area contributed by atoms with Crippen LogP contribution >= 0.6 is 11.8 Å². The third-order valence-corrected chi connectivity index (χ3v) is 3.03. The molecular weight excluding hydrogens is 303 g/mol. The van der Waals surface area contributed by atoms with Gasteiger partial charge in [0.25, 0.3) is 0 Å². The van der Waals surface area contributed by atoms with Gasteiger partial charge >= 0.3 is 11.6 Å². The van der Waals surface area contributed by atoms with Crippen LogP contribution in [0.1, 0.15) is 0 Å². The van der Waals surface area contributed by atoms with Gasteiger partial charge < -0.3 is 4.74 Å². The molecule has 2 aromatic rings. The zero-order valence-corrected chi connectivity index (χ0v) is 11.4. The second-order valence-electron chi connectivity index (χ2n) is 3.90. The molecule has 0 saturated heterocycles. The molecule has 1 amide bonds. The van der Waals surface area contributed by atoms with Gasteiger partial charge in [0.2, 0.25) is 0 Å². The Bertz CT molecular complexity index is 600. The highest BCUT2D eigenvalue weighted by Crippen LogP contribution is 2.37. The van der Waals surface area contributed by atoms with Crippen LogP contribution in [0.25, 0.3) is 0 Å². The molecule has 0 radical (unpaired) electrons. The molecule has 0 unspecified atom stereocenters. The molecule has 1 N–H and O–H groups in total. The first kappa shape index (κ1) is 15.2. The summed E-state index contributed by atoms with van der Waals surface area (Å²) in [5, 5.41) is 2.43. The van der Waals surface area contributed by atoms with E-state index < -0.39 is 11.6 Å². The fourth-order valence-electron chi connectivity index (χ4n) is 1.48. The number of anilines is 1. The van der Waals surface area contributed by atoms with Crippen LogP contribution in [0.3, 0.4) is 0 Å². The molecule has 21 heavy (non-hydrogen) atoms. The van der Waals surface area contributed by atoms with Gasteiger partial charge in [-0.2, -0.15) is 13.2 Å². The van der Waals surface area contributed by atoms with Crippen LogP contribution < -0.4 is 10.1 Å². The number of carbonyl (C=O) groups is 1. The molecule has 2 aromatic carbocycles. The van der Waals surface area contributed by atoms with Gasteiger partial charge in [-0.05, 0) is 48.2 Å². The predicted molar refractivity (Wildman–Crippen MR) is 74.4 cm³/mol. The molecule has 0 atom stereocenters. The maximum Gasteiger partial charge on any atom is 0.446 e. The summed E-state index contributed by atoms with van der Waals surface area (Å²) in [6.45, 7) is 0. The Morgan fingerprint density at radius 3 is 2.19 bits per heavy atom. The van der Waals surface area contributed by atoms with Crippen LogP contribution in [0.4, 0.5) is 23.7 Å². The summed E-state index contributed by atoms with van der Waals surface area (Å²) in [5.74, 6) is 0.374. The monoisotopic (exact) mass is 313 g/mol. The summed E-state index contributed by atoms with van der Waals surface area (Å²) in [6, 6.07) is 13.7. The lowest BCUT2D eigenvalue weighted by molar-refractivity contribution is -0.0328. The molecule has 0 saturated carbocycles. The molecule has 0 heterocycles. The summed E-state index contributed by atoms with van der Waals surface area (Å²) in [7, 11) is 0. The molecule has 0 aliphatic carbocycles. The Morgan fingerprint density at radius 2 is 1.62 bits per heavy atom. The summed E-state index contributed by atoms with van der Waals surface area (Å²) >= 11 is -0.213. The Kier molecular flexibility index (Phi) is 4.74. The van der Waals surface area contributed by atoms with Crippen LogP contribution in [0.5, 0.6) is 5.75 Å². The number of nitrogens with one attached hydrogen (secondary N) is 1. The predicted octanol–water partition coefficient (Wildman–Crippen LogP) is 4.91. The summed E-state index contributed by atoms with van der Waals surface area (Å²) in [6.07, 6.45) is -0.711. The second kappa shape index (κ2) is 6.53. The van der Waals surface area contributed by atoms with Crippen molar-refractivity contribution in [3.8, 4) is 5.75 Å². The first-order valence-corrected chi connectivity index (χ1v) is 6.64. The molecule has 110 valence electrons. The van der Waals surface area contributed by atoms with E-state index in [2.05, 4.69) is 5.32 Å². The van der Waals surface area contributed by atoms with Gasteiger partial charge in [0.05, 0.1) is 0 Å². The highest BCUT2D eigenvalue weighted by atomic mass is 32.2. The van der Waals surface area contributed by atoms with E-state index in [9.17, 15) is 18.0 Å². The number of hydrogen-bond acceptors (Lipinski definition) is 3. The maximum atomic E-state index is 12.2. The first-order valence-electron chi connectivity index (χ1n) is 5.82. The zero-order chi connectivity index (χ0) is 15.3. The Morgan fingerprint density at radius 1 is 1.00 bits per heavy atom. The summed E-state index contributed by atoms with van der Waals surface area (Å²) < 4.78 is 41.5. The van der Waals surface area contributed by atoms with Crippen molar-refractivity contribution in [2.75, 3.05) is 5.32 Å². The van der Waals surface area contributed by atoms with E-state index in [0.717, 1.165) is 0 Å². The van der Waals surface area contributed by atoms with Gasteiger partial charge in [-0.1, -0.05) is 18.2 Å². The van der Waals surface area contributed by atoms with Crippen LogP contribution in [0.15, 0.2) is 59.5 Å². The average Bonchev–Trinajstić information content (AvgIpc) is 2.40. The van der Waals surface area contributed by atoms with Gasteiger partial charge in [0.1, 0.15) is 5.75 Å². The Labute approximate surface area is 123 Å². The van der Waals surface area contributed by atoms with Crippen molar-refractivity contribution < 1.29 is 22.7 Å². The molecule has 0 bridgehead atoms. The standard InChI is InChI=1S/C14H10F3NO2S/c15-14(16,17)21-12-8-6-10(7-9-12)18-13(19)20-11-4-2-1-3-5-11/h1-9H,(H,18,19). The Balaban J connectivity index is 1.92. The molecule has 7 heteroatoms. The normalized spacial score (nSPS) is 11.0. The van der Waals surface area contributed by atoms with Gasteiger partial charge in [-0.15, -0.1) is 0 Å². The average molecular weight is 313 g/mol. The Hall–Kier alpha value is -2.15. The number of amides is 1. The van der Waals surface area contributed by atoms with Crippen LogP contribution in [-0.2, 0) is 0 Å². The number of carbonyl (C=O) groups excluding carboxylic acids is 1. The van der Waals surface area contributed by atoms with E-state index in [1.54, 1.807) is 30.3 Å². The fourth-order valence-corrected chi connectivity index (χ4v) is 2.02. The topological polar surface area (TPSA) is 38.3 Å². The molecule has 2 rings (SSSR count). The lowest BCUT2D eigenvalue weighted by Crippen LogP contribution is -2.16. The minimum Gasteiger partial charge on any atom is -0.410 e. The molecule has 0 aromatic heterocycles. The number of benzene rings is 2. The van der Waals surface area contributed by atoms with Crippen LogP contribution in [-0.4, -0.2) is 11.6 Å². The van der Waals surface area contributed by atoms with Crippen LogP contribution in [0.2, 0.25) is 0 Å². The SMILES string of the molecule is O=C(Nc1ccc(SC(F)(F)F)cc1)Oc1ccccc1. The minimum atomic E-state index is -4.33. The van der Waals surface area contributed by atoms with E-state index in [1.165, 1.54) is 24.3 Å².